The van der Waals surface area contributed by atoms with Crippen molar-refractivity contribution in [1.82, 2.24) is 30.0 Å². The second kappa shape index (κ2) is 8.45. The largest absolute Gasteiger partial charge is 0.345 e. The number of pyridine rings is 1. The summed E-state index contributed by atoms with van der Waals surface area (Å²) in [5.41, 5.74) is 7.80. The summed E-state index contributed by atoms with van der Waals surface area (Å²) in [6, 6.07) is 10.6. The monoisotopic (exact) mass is 474 g/mol. The Labute approximate surface area is 190 Å². The molecule has 3 N–H and O–H groups in total. The maximum absolute atomic E-state index is 13.2. The Morgan fingerprint density at radius 1 is 1.09 bits per heavy atom. The van der Waals surface area contributed by atoms with Gasteiger partial charge in [-0.3, -0.25) is 4.79 Å². The lowest BCUT2D eigenvalue weighted by Crippen LogP contribution is -2.54. The van der Waals surface area contributed by atoms with Gasteiger partial charge < -0.3 is 9.88 Å². The summed E-state index contributed by atoms with van der Waals surface area (Å²) in [4.78, 5) is 22.0. The van der Waals surface area contributed by atoms with Crippen LogP contribution in [0, 0.1) is 0 Å². The molecular formula is C21H23ClN6O3S. The third-order valence-electron chi connectivity index (χ3n) is 6.03. The molecule has 1 aromatic carbocycles. The van der Waals surface area contributed by atoms with E-state index >= 15 is 0 Å². The van der Waals surface area contributed by atoms with E-state index in [1.165, 1.54) is 10.5 Å². The quantitative estimate of drug-likeness (QED) is 0.530. The smallest absolute Gasteiger partial charge is 0.245 e. The Kier molecular flexibility index (Phi) is 5.64. The van der Waals surface area contributed by atoms with Crippen LogP contribution in [0.25, 0.3) is 11.0 Å². The molecule has 0 spiro atoms. The summed E-state index contributed by atoms with van der Waals surface area (Å²) in [5.74, 6) is -0.0321. The van der Waals surface area contributed by atoms with Crippen molar-refractivity contribution in [3.8, 4) is 0 Å². The standard InChI is InChI=1S/C21H23ClN6O3S/c22-15-4-1-3-14(11-15)17-12-18(26-25-17)21(29)27-7-9-28(10-8-27)32(30,31)19-13-24-20-16(19)5-2-6-23-20/h1-6,11,13,17-18,25-26H,7-10,12H2,(H,23,24). The number of nitrogens with one attached hydrogen (secondary N) is 3. The van der Waals surface area contributed by atoms with Crippen molar-refractivity contribution in [2.24, 2.45) is 0 Å². The molecule has 4 heterocycles. The van der Waals surface area contributed by atoms with Crippen LogP contribution < -0.4 is 10.9 Å². The molecule has 1 amide bonds. The summed E-state index contributed by atoms with van der Waals surface area (Å²) in [5, 5.41) is 1.22. The molecule has 9 nitrogen and oxygen atoms in total. The fourth-order valence-corrected chi connectivity index (χ4v) is 6.08. The zero-order chi connectivity index (χ0) is 22.3. The number of piperazine rings is 1. The Hall–Kier alpha value is -2.50. The molecular weight excluding hydrogens is 452 g/mol. The number of H-pyrrole nitrogens is 1. The van der Waals surface area contributed by atoms with Crippen molar-refractivity contribution in [1.29, 1.82) is 0 Å². The minimum Gasteiger partial charge on any atom is -0.345 e. The molecule has 2 aliphatic heterocycles. The van der Waals surface area contributed by atoms with Crippen molar-refractivity contribution in [2.75, 3.05) is 26.2 Å². The number of hydrogen-bond acceptors (Lipinski definition) is 6. The van der Waals surface area contributed by atoms with Crippen molar-refractivity contribution in [3.63, 3.8) is 0 Å². The summed E-state index contributed by atoms with van der Waals surface area (Å²) >= 11 is 6.08. The highest BCUT2D eigenvalue weighted by Gasteiger charge is 2.36. The van der Waals surface area contributed by atoms with Gasteiger partial charge in [0.05, 0.1) is 0 Å². The first-order chi connectivity index (χ1) is 15.4. The molecule has 168 valence electrons. The van der Waals surface area contributed by atoms with Gasteiger partial charge in [0.2, 0.25) is 15.9 Å². The number of hydrogen-bond donors (Lipinski definition) is 3. The molecule has 2 saturated heterocycles. The van der Waals surface area contributed by atoms with Gasteiger partial charge in [0.15, 0.2) is 0 Å². The molecule has 2 unspecified atom stereocenters. The third-order valence-corrected chi connectivity index (χ3v) is 8.21. The van der Waals surface area contributed by atoms with Crippen molar-refractivity contribution in [2.45, 2.75) is 23.4 Å². The van der Waals surface area contributed by atoms with Crippen molar-refractivity contribution >= 4 is 38.6 Å². The average Bonchev–Trinajstić information content (AvgIpc) is 3.47. The van der Waals surface area contributed by atoms with Crippen LogP contribution in [0.4, 0.5) is 0 Å². The number of fused-ring (bicyclic) bond motifs is 1. The van der Waals surface area contributed by atoms with E-state index in [0.29, 0.717) is 35.6 Å². The number of amides is 1. The lowest BCUT2D eigenvalue weighted by molar-refractivity contribution is -0.134. The normalized spacial score (nSPS) is 22.5. The topological polar surface area (TPSA) is 110 Å². The lowest BCUT2D eigenvalue weighted by Gasteiger charge is -2.35. The number of carbonyl (C=O) groups is 1. The first kappa shape index (κ1) is 21.4. The molecule has 11 heteroatoms. The van der Waals surface area contributed by atoms with Crippen LogP contribution in [0.5, 0.6) is 0 Å². The number of rotatable bonds is 4. The maximum Gasteiger partial charge on any atom is 0.245 e. The van der Waals surface area contributed by atoms with E-state index in [9.17, 15) is 13.2 Å². The Balaban J connectivity index is 1.22. The Morgan fingerprint density at radius 2 is 1.91 bits per heavy atom. The zero-order valence-corrected chi connectivity index (χ0v) is 18.7. The highest BCUT2D eigenvalue weighted by molar-refractivity contribution is 7.89. The second-order valence-corrected chi connectivity index (χ2v) is 10.3. The number of benzene rings is 1. The van der Waals surface area contributed by atoms with Crippen molar-refractivity contribution in [3.05, 3.63) is 59.4 Å². The number of sulfonamides is 1. The molecule has 2 aliphatic rings. The molecule has 0 saturated carbocycles. The minimum absolute atomic E-state index is 0.0141. The summed E-state index contributed by atoms with van der Waals surface area (Å²) in [6.45, 7) is 1.19. The zero-order valence-electron chi connectivity index (χ0n) is 17.2. The van der Waals surface area contributed by atoms with Crippen LogP contribution >= 0.6 is 11.6 Å². The van der Waals surface area contributed by atoms with Crippen LogP contribution in [-0.2, 0) is 14.8 Å². The highest BCUT2D eigenvalue weighted by Crippen LogP contribution is 2.27. The van der Waals surface area contributed by atoms with E-state index in [-0.39, 0.29) is 36.0 Å². The van der Waals surface area contributed by atoms with Crippen LogP contribution in [0.2, 0.25) is 5.02 Å². The van der Waals surface area contributed by atoms with Gasteiger partial charge in [-0.05, 0) is 36.2 Å². The molecule has 2 fully saturated rings. The SMILES string of the molecule is O=C(C1CC(c2cccc(Cl)c2)NN1)N1CCN(S(=O)(=O)c2c[nH]c3ncccc23)CC1. The molecule has 3 aromatic rings. The molecule has 5 rings (SSSR count). The van der Waals surface area contributed by atoms with Crippen LogP contribution in [0.3, 0.4) is 0 Å². The van der Waals surface area contributed by atoms with Crippen LogP contribution in [0.15, 0.2) is 53.7 Å². The van der Waals surface area contributed by atoms with Gasteiger partial charge in [-0.2, -0.15) is 4.31 Å². The van der Waals surface area contributed by atoms with Gasteiger partial charge in [0, 0.05) is 55.0 Å². The predicted molar refractivity (Wildman–Crippen MR) is 120 cm³/mol. The van der Waals surface area contributed by atoms with Crippen LogP contribution in [-0.4, -0.2) is 65.7 Å². The van der Waals surface area contributed by atoms with Gasteiger partial charge in [-0.1, -0.05) is 23.7 Å². The fourth-order valence-electron chi connectivity index (χ4n) is 4.31. The third kappa shape index (κ3) is 3.89. The first-order valence-electron chi connectivity index (χ1n) is 10.4. The van der Waals surface area contributed by atoms with E-state index < -0.39 is 10.0 Å². The highest BCUT2D eigenvalue weighted by atomic mass is 35.5. The molecule has 0 bridgehead atoms. The van der Waals surface area contributed by atoms with Gasteiger partial charge >= 0.3 is 0 Å². The van der Waals surface area contributed by atoms with E-state index in [1.54, 1.807) is 23.2 Å². The van der Waals surface area contributed by atoms with E-state index in [1.807, 2.05) is 24.3 Å². The lowest BCUT2D eigenvalue weighted by atomic mass is 10.0. The van der Waals surface area contributed by atoms with E-state index in [4.69, 9.17) is 11.6 Å². The number of aromatic nitrogens is 2. The van der Waals surface area contributed by atoms with E-state index in [0.717, 1.165) is 5.56 Å². The van der Waals surface area contributed by atoms with Gasteiger partial charge in [0.25, 0.3) is 0 Å². The number of carbonyl (C=O) groups excluding carboxylic acids is 1. The summed E-state index contributed by atoms with van der Waals surface area (Å²) in [7, 11) is -3.68. The molecule has 2 aromatic heterocycles. The van der Waals surface area contributed by atoms with Crippen LogP contribution in [0.1, 0.15) is 18.0 Å². The second-order valence-electron chi connectivity index (χ2n) is 7.97. The Morgan fingerprint density at radius 3 is 2.69 bits per heavy atom. The van der Waals surface area contributed by atoms with Gasteiger partial charge in [-0.15, -0.1) is 0 Å². The van der Waals surface area contributed by atoms with Gasteiger partial charge in [0.1, 0.15) is 16.6 Å². The summed E-state index contributed by atoms with van der Waals surface area (Å²) in [6.07, 6.45) is 3.69. The Bertz CT molecular complexity index is 1260. The maximum atomic E-state index is 13.2. The number of halogens is 1. The number of hydrazine groups is 1. The molecule has 32 heavy (non-hydrogen) atoms. The summed E-state index contributed by atoms with van der Waals surface area (Å²) < 4.78 is 27.8. The number of aromatic amines is 1. The van der Waals surface area contributed by atoms with Gasteiger partial charge in [-0.25, -0.2) is 24.3 Å². The molecule has 0 aliphatic carbocycles. The first-order valence-corrected chi connectivity index (χ1v) is 12.2. The molecule has 0 radical (unpaired) electrons. The average molecular weight is 475 g/mol. The fraction of sp³-hybridized carbons (Fsp3) is 0.333. The molecule has 2 atom stereocenters. The minimum atomic E-state index is -3.68. The number of nitrogens with zero attached hydrogens (tertiary/aromatic N) is 3. The predicted octanol–water partition coefficient (Wildman–Crippen LogP) is 1.66. The van der Waals surface area contributed by atoms with E-state index in [2.05, 4.69) is 20.8 Å². The van der Waals surface area contributed by atoms with Crippen molar-refractivity contribution < 1.29 is 13.2 Å².